The van der Waals surface area contributed by atoms with E-state index in [0.717, 1.165) is 42.8 Å². The van der Waals surface area contributed by atoms with Crippen LogP contribution in [0.4, 0.5) is 0 Å². The van der Waals surface area contributed by atoms with E-state index in [9.17, 15) is 0 Å². The zero-order valence-electron chi connectivity index (χ0n) is 13.8. The van der Waals surface area contributed by atoms with Crippen LogP contribution in [0.1, 0.15) is 42.8 Å². The van der Waals surface area contributed by atoms with E-state index in [2.05, 4.69) is 48.3 Å². The molecule has 0 amide bonds. The van der Waals surface area contributed by atoms with Crippen molar-refractivity contribution in [3.05, 3.63) is 15.6 Å². The molecule has 6 heteroatoms. The van der Waals surface area contributed by atoms with Crippen LogP contribution in [0.3, 0.4) is 0 Å². The molecule has 120 valence electrons. The second kappa shape index (κ2) is 9.73. The monoisotopic (exact) mass is 312 g/mol. The Hall–Kier alpha value is -1.14. The van der Waals surface area contributed by atoms with Crippen LogP contribution in [0.5, 0.6) is 0 Å². The molecule has 1 aromatic heterocycles. The third-order valence-electron chi connectivity index (χ3n) is 2.85. The molecule has 0 bridgehead atoms. The van der Waals surface area contributed by atoms with E-state index in [1.165, 1.54) is 4.88 Å². The zero-order chi connectivity index (χ0) is 15.7. The lowest BCUT2D eigenvalue weighted by molar-refractivity contribution is 0.0776. The van der Waals surface area contributed by atoms with Gasteiger partial charge in [-0.05, 0) is 41.0 Å². The lowest BCUT2D eigenvalue weighted by Gasteiger charge is -2.11. The normalized spacial score (nSPS) is 12.0. The van der Waals surface area contributed by atoms with E-state index in [0.29, 0.717) is 12.6 Å². The molecule has 5 nitrogen and oxygen atoms in total. The molecular weight excluding hydrogens is 284 g/mol. The van der Waals surface area contributed by atoms with Gasteiger partial charge in [0, 0.05) is 24.6 Å². The minimum atomic E-state index is 0.295. The van der Waals surface area contributed by atoms with E-state index in [1.54, 1.807) is 11.3 Å². The van der Waals surface area contributed by atoms with Gasteiger partial charge in [-0.1, -0.05) is 0 Å². The summed E-state index contributed by atoms with van der Waals surface area (Å²) in [6.45, 7) is 13.4. The highest BCUT2D eigenvalue weighted by Gasteiger charge is 2.03. The first-order valence-corrected chi connectivity index (χ1v) is 8.41. The predicted octanol–water partition coefficient (Wildman–Crippen LogP) is 2.63. The molecule has 0 radical (unpaired) electrons. The molecule has 1 heterocycles. The fourth-order valence-electron chi connectivity index (χ4n) is 1.69. The van der Waals surface area contributed by atoms with Crippen molar-refractivity contribution in [2.24, 2.45) is 4.99 Å². The number of aliphatic imine (C=N–C) groups is 1. The summed E-state index contributed by atoms with van der Waals surface area (Å²) in [6.07, 6.45) is 1.27. The molecule has 0 aliphatic rings. The zero-order valence-corrected chi connectivity index (χ0v) is 14.6. The van der Waals surface area contributed by atoms with Crippen molar-refractivity contribution >= 4 is 17.3 Å². The molecule has 0 spiro atoms. The van der Waals surface area contributed by atoms with Crippen molar-refractivity contribution in [1.82, 2.24) is 15.6 Å². The number of hydrogen-bond acceptors (Lipinski definition) is 4. The SMILES string of the molecule is CCNC(=NCc1nc(C)c(C)s1)NCCCOC(C)C. The molecule has 0 unspecified atom stereocenters. The topological polar surface area (TPSA) is 58.5 Å². The molecule has 1 rings (SSSR count). The Balaban J connectivity index is 2.39. The highest BCUT2D eigenvalue weighted by molar-refractivity contribution is 7.11. The van der Waals surface area contributed by atoms with Gasteiger partial charge < -0.3 is 15.4 Å². The standard InChI is InChI=1S/C15H28N4OS/c1-6-16-15(17-8-7-9-20-11(2)3)18-10-14-19-12(4)13(5)21-14/h11H,6-10H2,1-5H3,(H2,16,17,18). The first-order chi connectivity index (χ1) is 10.0. The maximum absolute atomic E-state index is 5.52. The summed E-state index contributed by atoms with van der Waals surface area (Å²) in [5.41, 5.74) is 1.11. The van der Waals surface area contributed by atoms with Gasteiger partial charge in [-0.15, -0.1) is 11.3 Å². The Morgan fingerprint density at radius 1 is 1.33 bits per heavy atom. The van der Waals surface area contributed by atoms with Crippen LogP contribution in [-0.2, 0) is 11.3 Å². The maximum Gasteiger partial charge on any atom is 0.191 e. The molecule has 0 saturated carbocycles. The Kier molecular flexibility index (Phi) is 8.30. The predicted molar refractivity (Wildman–Crippen MR) is 90.1 cm³/mol. The van der Waals surface area contributed by atoms with Gasteiger partial charge in [0.2, 0.25) is 0 Å². The number of ether oxygens (including phenoxy) is 1. The van der Waals surface area contributed by atoms with Crippen LogP contribution >= 0.6 is 11.3 Å². The van der Waals surface area contributed by atoms with Crippen LogP contribution in [0.2, 0.25) is 0 Å². The Morgan fingerprint density at radius 3 is 2.67 bits per heavy atom. The second-order valence-electron chi connectivity index (χ2n) is 5.14. The van der Waals surface area contributed by atoms with E-state index < -0.39 is 0 Å². The quantitative estimate of drug-likeness (QED) is 0.440. The molecule has 1 aromatic rings. The average Bonchev–Trinajstić information content (AvgIpc) is 2.74. The summed E-state index contributed by atoms with van der Waals surface area (Å²) < 4.78 is 5.52. The first-order valence-electron chi connectivity index (χ1n) is 7.59. The van der Waals surface area contributed by atoms with E-state index in [1.807, 2.05) is 6.92 Å². The first kappa shape index (κ1) is 17.9. The number of aryl methyl sites for hydroxylation is 2. The lowest BCUT2D eigenvalue weighted by Crippen LogP contribution is -2.38. The fourth-order valence-corrected chi connectivity index (χ4v) is 2.55. The van der Waals surface area contributed by atoms with Crippen LogP contribution < -0.4 is 10.6 Å². The van der Waals surface area contributed by atoms with Crippen LogP contribution in [0.25, 0.3) is 0 Å². The average molecular weight is 312 g/mol. The third kappa shape index (κ3) is 7.43. The lowest BCUT2D eigenvalue weighted by atomic mass is 10.4. The molecule has 0 aromatic carbocycles. The Bertz CT molecular complexity index is 423. The Morgan fingerprint density at radius 2 is 2.10 bits per heavy atom. The van der Waals surface area contributed by atoms with Crippen LogP contribution in [-0.4, -0.2) is 36.7 Å². The molecule has 21 heavy (non-hydrogen) atoms. The summed E-state index contributed by atoms with van der Waals surface area (Å²) in [6, 6.07) is 0. The highest BCUT2D eigenvalue weighted by Crippen LogP contribution is 2.16. The van der Waals surface area contributed by atoms with E-state index in [-0.39, 0.29) is 0 Å². The summed E-state index contributed by atoms with van der Waals surface area (Å²) in [4.78, 5) is 10.3. The largest absolute Gasteiger partial charge is 0.379 e. The van der Waals surface area contributed by atoms with Gasteiger partial charge in [0.1, 0.15) is 5.01 Å². The molecule has 0 aliphatic heterocycles. The van der Waals surface area contributed by atoms with Gasteiger partial charge in [0.05, 0.1) is 18.3 Å². The number of hydrogen-bond donors (Lipinski definition) is 2. The molecule has 0 aliphatic carbocycles. The fraction of sp³-hybridized carbons (Fsp3) is 0.733. The number of guanidine groups is 1. The minimum Gasteiger partial charge on any atom is -0.379 e. The Labute approximate surface area is 132 Å². The summed E-state index contributed by atoms with van der Waals surface area (Å²) in [7, 11) is 0. The number of rotatable bonds is 8. The van der Waals surface area contributed by atoms with Crippen LogP contribution in [0, 0.1) is 13.8 Å². The van der Waals surface area contributed by atoms with E-state index >= 15 is 0 Å². The van der Waals surface area contributed by atoms with Gasteiger partial charge in [0.25, 0.3) is 0 Å². The molecule has 0 fully saturated rings. The van der Waals surface area contributed by atoms with E-state index in [4.69, 9.17) is 4.74 Å². The summed E-state index contributed by atoms with van der Waals surface area (Å²) in [5, 5.41) is 7.63. The van der Waals surface area contributed by atoms with Crippen molar-refractivity contribution in [2.45, 2.75) is 53.7 Å². The van der Waals surface area contributed by atoms with Gasteiger partial charge in [0.15, 0.2) is 5.96 Å². The number of aromatic nitrogens is 1. The number of nitrogens with zero attached hydrogens (tertiary/aromatic N) is 2. The van der Waals surface area contributed by atoms with Gasteiger partial charge in [-0.25, -0.2) is 9.98 Å². The third-order valence-corrected chi connectivity index (χ3v) is 3.91. The number of thiazole rings is 1. The summed E-state index contributed by atoms with van der Waals surface area (Å²) >= 11 is 1.72. The van der Waals surface area contributed by atoms with Crippen molar-refractivity contribution in [3.8, 4) is 0 Å². The summed E-state index contributed by atoms with van der Waals surface area (Å²) in [5.74, 6) is 0.840. The highest BCUT2D eigenvalue weighted by atomic mass is 32.1. The van der Waals surface area contributed by atoms with Gasteiger partial charge >= 0.3 is 0 Å². The van der Waals surface area contributed by atoms with Gasteiger partial charge in [-0.2, -0.15) is 0 Å². The molecule has 0 saturated heterocycles. The molecule has 2 N–H and O–H groups in total. The molecule has 0 atom stereocenters. The number of nitrogens with one attached hydrogen (secondary N) is 2. The molecular formula is C15H28N4OS. The smallest absolute Gasteiger partial charge is 0.191 e. The van der Waals surface area contributed by atoms with Gasteiger partial charge in [-0.3, -0.25) is 0 Å². The van der Waals surface area contributed by atoms with Crippen molar-refractivity contribution in [1.29, 1.82) is 0 Å². The van der Waals surface area contributed by atoms with Crippen molar-refractivity contribution < 1.29 is 4.74 Å². The maximum atomic E-state index is 5.52. The minimum absolute atomic E-state index is 0.295. The second-order valence-corrected chi connectivity index (χ2v) is 6.43. The van der Waals surface area contributed by atoms with Crippen molar-refractivity contribution in [3.63, 3.8) is 0 Å². The van der Waals surface area contributed by atoms with Crippen LogP contribution in [0.15, 0.2) is 4.99 Å². The van der Waals surface area contributed by atoms with Crippen molar-refractivity contribution in [2.75, 3.05) is 19.7 Å².